The molecule has 26 heavy (non-hydrogen) atoms. The summed E-state index contributed by atoms with van der Waals surface area (Å²) >= 11 is 5.80. The molecule has 2 aromatic rings. The van der Waals surface area contributed by atoms with Gasteiger partial charge in [0.1, 0.15) is 22.5 Å². The number of carbonyl (C=O) groups excluding carboxylic acids is 2. The second-order valence-electron chi connectivity index (χ2n) is 5.63. The predicted molar refractivity (Wildman–Crippen MR) is 94.3 cm³/mol. The fourth-order valence-corrected chi connectivity index (χ4v) is 2.58. The molecule has 0 aliphatic carbocycles. The highest BCUT2D eigenvalue weighted by atomic mass is 35.5. The average molecular weight is 377 g/mol. The summed E-state index contributed by atoms with van der Waals surface area (Å²) in [7, 11) is 0. The van der Waals surface area contributed by atoms with Crippen molar-refractivity contribution in [2.24, 2.45) is 5.92 Å². The molecule has 9 heteroatoms. The van der Waals surface area contributed by atoms with Crippen LogP contribution < -0.4 is 15.4 Å². The predicted octanol–water partition coefficient (Wildman–Crippen LogP) is 3.00. The van der Waals surface area contributed by atoms with Crippen molar-refractivity contribution < 1.29 is 19.1 Å². The van der Waals surface area contributed by atoms with Gasteiger partial charge in [-0.1, -0.05) is 11.6 Å². The van der Waals surface area contributed by atoms with E-state index in [0.29, 0.717) is 48.5 Å². The first-order chi connectivity index (χ1) is 12.6. The molecule has 0 spiro atoms. The molecule has 3 heterocycles. The lowest BCUT2D eigenvalue weighted by Gasteiger charge is -2.20. The number of imide groups is 1. The van der Waals surface area contributed by atoms with Crippen molar-refractivity contribution in [1.29, 1.82) is 0 Å². The Balaban J connectivity index is 1.51. The van der Waals surface area contributed by atoms with E-state index in [1.807, 2.05) is 0 Å². The smallest absolute Gasteiger partial charge is 0.327 e. The van der Waals surface area contributed by atoms with Crippen molar-refractivity contribution >= 4 is 29.4 Å². The molecule has 2 N–H and O–H groups in total. The fourth-order valence-electron chi connectivity index (χ4n) is 2.42. The third-order valence-electron chi connectivity index (χ3n) is 3.74. The molecule has 1 aliphatic rings. The van der Waals surface area contributed by atoms with E-state index in [4.69, 9.17) is 21.1 Å². The minimum Gasteiger partial charge on any atom is -0.456 e. The topological polar surface area (TPSA) is 102 Å². The Kier molecular flexibility index (Phi) is 5.98. The van der Waals surface area contributed by atoms with Crippen molar-refractivity contribution in [2.75, 3.05) is 18.5 Å². The first kappa shape index (κ1) is 18.1. The summed E-state index contributed by atoms with van der Waals surface area (Å²) in [6.07, 6.45) is 4.20. The lowest BCUT2D eigenvalue weighted by Crippen LogP contribution is -2.40. The van der Waals surface area contributed by atoms with Gasteiger partial charge in [0.25, 0.3) is 0 Å². The van der Waals surface area contributed by atoms with Crippen LogP contribution >= 0.6 is 11.6 Å². The summed E-state index contributed by atoms with van der Waals surface area (Å²) in [4.78, 5) is 31.9. The van der Waals surface area contributed by atoms with Crippen LogP contribution in [0.4, 0.5) is 10.6 Å². The number of rotatable bonds is 4. The van der Waals surface area contributed by atoms with Crippen LogP contribution in [0.25, 0.3) is 0 Å². The Morgan fingerprint density at radius 2 is 1.96 bits per heavy atom. The normalized spacial score (nSPS) is 14.5. The Labute approximate surface area is 154 Å². The molecule has 1 aliphatic heterocycles. The van der Waals surface area contributed by atoms with Gasteiger partial charge in [0.05, 0.1) is 6.20 Å². The van der Waals surface area contributed by atoms with Gasteiger partial charge >= 0.3 is 6.03 Å². The molecule has 0 bridgehead atoms. The molecule has 2 aromatic heterocycles. The third-order valence-corrected chi connectivity index (χ3v) is 3.95. The second kappa shape index (κ2) is 8.59. The summed E-state index contributed by atoms with van der Waals surface area (Å²) < 4.78 is 10.8. The molecule has 0 saturated carbocycles. The molecule has 3 amide bonds. The van der Waals surface area contributed by atoms with E-state index >= 15 is 0 Å². The molecule has 0 radical (unpaired) electrons. The lowest BCUT2D eigenvalue weighted by atomic mass is 10.00. The number of aromatic nitrogens is 2. The Morgan fingerprint density at radius 3 is 2.65 bits per heavy atom. The number of ether oxygens (including phenoxy) is 2. The van der Waals surface area contributed by atoms with Crippen LogP contribution in [0.15, 0.2) is 36.7 Å². The van der Waals surface area contributed by atoms with Gasteiger partial charge in [-0.3, -0.25) is 15.4 Å². The zero-order valence-corrected chi connectivity index (χ0v) is 14.5. The molecule has 8 nitrogen and oxygen atoms in total. The van der Waals surface area contributed by atoms with E-state index in [1.54, 1.807) is 24.3 Å². The van der Waals surface area contributed by atoms with Gasteiger partial charge in [0.15, 0.2) is 0 Å². The van der Waals surface area contributed by atoms with E-state index in [0.717, 1.165) is 0 Å². The highest BCUT2D eigenvalue weighted by Gasteiger charge is 2.23. The maximum Gasteiger partial charge on any atom is 0.327 e. The van der Waals surface area contributed by atoms with Crippen molar-refractivity contribution in [3.8, 4) is 11.5 Å². The van der Waals surface area contributed by atoms with E-state index in [9.17, 15) is 9.59 Å². The number of anilines is 1. The van der Waals surface area contributed by atoms with Gasteiger partial charge in [0, 0.05) is 31.4 Å². The van der Waals surface area contributed by atoms with Crippen LogP contribution in [0.1, 0.15) is 12.8 Å². The molecule has 0 unspecified atom stereocenters. The molecular weight excluding hydrogens is 360 g/mol. The number of amides is 3. The molecule has 0 aromatic carbocycles. The highest BCUT2D eigenvalue weighted by Crippen LogP contribution is 2.23. The van der Waals surface area contributed by atoms with Gasteiger partial charge < -0.3 is 9.47 Å². The van der Waals surface area contributed by atoms with E-state index < -0.39 is 6.03 Å². The van der Waals surface area contributed by atoms with Crippen LogP contribution in [0.2, 0.25) is 5.15 Å². The number of hydrogen-bond donors (Lipinski definition) is 2. The largest absolute Gasteiger partial charge is 0.456 e. The van der Waals surface area contributed by atoms with E-state index in [2.05, 4.69) is 20.6 Å². The Hall–Kier alpha value is -2.71. The SMILES string of the molecule is O=C(NC(=O)C1CCOCC1)Nc1ccc(Oc2ccnc(Cl)c2)cn1. The molecule has 136 valence electrons. The van der Waals surface area contributed by atoms with Crippen LogP contribution in [-0.2, 0) is 9.53 Å². The number of carbonyl (C=O) groups is 2. The number of nitrogens with one attached hydrogen (secondary N) is 2. The molecular formula is C17H17ClN4O4. The fraction of sp³-hybridized carbons (Fsp3) is 0.294. The lowest BCUT2D eigenvalue weighted by molar-refractivity contribution is -0.126. The summed E-state index contributed by atoms with van der Waals surface area (Å²) in [5.41, 5.74) is 0. The third kappa shape index (κ3) is 5.14. The van der Waals surface area contributed by atoms with Crippen molar-refractivity contribution in [2.45, 2.75) is 12.8 Å². The maximum absolute atomic E-state index is 12.0. The molecule has 1 fully saturated rings. The van der Waals surface area contributed by atoms with Gasteiger partial charge in [0.2, 0.25) is 5.91 Å². The summed E-state index contributed by atoms with van der Waals surface area (Å²) in [5, 5.41) is 5.15. The number of pyridine rings is 2. The minimum absolute atomic E-state index is 0.203. The van der Waals surface area contributed by atoms with Crippen molar-refractivity contribution in [1.82, 2.24) is 15.3 Å². The number of hydrogen-bond acceptors (Lipinski definition) is 6. The second-order valence-corrected chi connectivity index (χ2v) is 6.01. The van der Waals surface area contributed by atoms with Crippen LogP contribution in [0.3, 0.4) is 0 Å². The van der Waals surface area contributed by atoms with E-state index in [1.165, 1.54) is 12.4 Å². The summed E-state index contributed by atoms with van der Waals surface area (Å²) in [5.74, 6) is 0.775. The maximum atomic E-state index is 12.0. The summed E-state index contributed by atoms with van der Waals surface area (Å²) in [6.45, 7) is 1.07. The first-order valence-electron chi connectivity index (χ1n) is 8.05. The molecule has 3 rings (SSSR count). The van der Waals surface area contributed by atoms with Crippen LogP contribution in [0, 0.1) is 5.92 Å². The van der Waals surface area contributed by atoms with Gasteiger partial charge in [-0.2, -0.15) is 0 Å². The van der Waals surface area contributed by atoms with Crippen LogP contribution in [0.5, 0.6) is 11.5 Å². The van der Waals surface area contributed by atoms with Gasteiger partial charge in [-0.05, 0) is 31.0 Å². The van der Waals surface area contributed by atoms with Gasteiger partial charge in [-0.25, -0.2) is 14.8 Å². The zero-order chi connectivity index (χ0) is 18.4. The minimum atomic E-state index is -0.622. The zero-order valence-electron chi connectivity index (χ0n) is 13.8. The Bertz CT molecular complexity index is 779. The average Bonchev–Trinajstić information content (AvgIpc) is 2.64. The summed E-state index contributed by atoms with van der Waals surface area (Å²) in [6, 6.07) is 5.81. The van der Waals surface area contributed by atoms with Crippen molar-refractivity contribution in [3.63, 3.8) is 0 Å². The van der Waals surface area contributed by atoms with Gasteiger partial charge in [-0.15, -0.1) is 0 Å². The van der Waals surface area contributed by atoms with Crippen molar-refractivity contribution in [3.05, 3.63) is 41.8 Å². The Morgan fingerprint density at radius 1 is 1.15 bits per heavy atom. The number of nitrogens with zero attached hydrogens (tertiary/aromatic N) is 2. The monoisotopic (exact) mass is 376 g/mol. The molecule has 0 atom stereocenters. The van der Waals surface area contributed by atoms with E-state index in [-0.39, 0.29) is 11.8 Å². The quantitative estimate of drug-likeness (QED) is 0.795. The highest BCUT2D eigenvalue weighted by molar-refractivity contribution is 6.29. The first-order valence-corrected chi connectivity index (χ1v) is 8.43. The standard InChI is InChI=1S/C17H17ClN4O4/c18-14-9-12(3-6-19-14)26-13-1-2-15(20-10-13)21-17(24)22-16(23)11-4-7-25-8-5-11/h1-3,6,9-11H,4-5,7-8H2,(H2,20,21,22,23,24). The number of urea groups is 1. The van der Waals surface area contributed by atoms with Crippen LogP contribution in [-0.4, -0.2) is 35.1 Å². The molecule has 1 saturated heterocycles. The number of halogens is 1.